The Morgan fingerprint density at radius 2 is 2.00 bits per heavy atom. The number of fused-ring (bicyclic) bond motifs is 1. The van der Waals surface area contributed by atoms with Gasteiger partial charge in [0.1, 0.15) is 11.6 Å². The smallest absolute Gasteiger partial charge is 0.148 e. The second kappa shape index (κ2) is 4.23. The third-order valence-electron chi connectivity index (χ3n) is 3.37. The molecule has 18 heavy (non-hydrogen) atoms. The van der Waals surface area contributed by atoms with Crippen molar-refractivity contribution in [2.24, 2.45) is 5.92 Å². The van der Waals surface area contributed by atoms with E-state index in [-0.39, 0.29) is 11.7 Å². The first-order chi connectivity index (χ1) is 8.32. The molecule has 0 unspecified atom stereocenters. The monoisotopic (exact) mass is 244 g/mol. The fraction of sp³-hybridized carbons (Fsp3) is 0.467. The normalized spacial score (nSPS) is 12.3. The Kier molecular flexibility index (Phi) is 3.01. The summed E-state index contributed by atoms with van der Waals surface area (Å²) in [6, 6.07) is 6.08. The summed E-state index contributed by atoms with van der Waals surface area (Å²) >= 11 is 0. The lowest BCUT2D eigenvalue weighted by Crippen LogP contribution is -2.33. The summed E-state index contributed by atoms with van der Waals surface area (Å²) in [5.74, 6) is 0.968. The summed E-state index contributed by atoms with van der Waals surface area (Å²) in [5, 5.41) is 0. The second-order valence-corrected chi connectivity index (χ2v) is 5.75. The Morgan fingerprint density at radius 3 is 2.61 bits per heavy atom. The predicted octanol–water partition coefficient (Wildman–Crippen LogP) is 3.37. The predicted molar refractivity (Wildman–Crippen MR) is 73.7 cm³/mol. The Morgan fingerprint density at radius 1 is 1.33 bits per heavy atom. The van der Waals surface area contributed by atoms with Gasteiger partial charge >= 0.3 is 0 Å². The van der Waals surface area contributed by atoms with Crippen molar-refractivity contribution < 1.29 is 4.79 Å². The highest BCUT2D eigenvalue weighted by Crippen LogP contribution is 2.27. The van der Waals surface area contributed by atoms with Crippen LogP contribution >= 0.6 is 0 Å². The number of aromatic nitrogens is 2. The highest BCUT2D eigenvalue weighted by Gasteiger charge is 2.34. The fourth-order valence-corrected chi connectivity index (χ4v) is 2.26. The van der Waals surface area contributed by atoms with Crippen LogP contribution in [0.4, 0.5) is 0 Å². The van der Waals surface area contributed by atoms with Crippen LogP contribution in [-0.4, -0.2) is 15.8 Å². The minimum absolute atomic E-state index is 0.00921. The molecule has 0 saturated carbocycles. The number of hydrogen-bond donors (Lipinski definition) is 1. The molecule has 3 nitrogen and oxygen atoms in total. The van der Waals surface area contributed by atoms with E-state index in [1.54, 1.807) is 0 Å². The van der Waals surface area contributed by atoms with Gasteiger partial charge in [-0.15, -0.1) is 0 Å². The third-order valence-corrected chi connectivity index (χ3v) is 3.37. The van der Waals surface area contributed by atoms with E-state index in [0.29, 0.717) is 0 Å². The minimum atomic E-state index is -0.568. The van der Waals surface area contributed by atoms with Crippen molar-refractivity contribution in [3.63, 3.8) is 0 Å². The molecule has 0 amide bonds. The lowest BCUT2D eigenvalue weighted by Gasteiger charge is -2.22. The number of carbonyl (C=O) groups is 1. The molecular weight excluding hydrogens is 224 g/mol. The first kappa shape index (κ1) is 12.8. The van der Waals surface area contributed by atoms with Crippen molar-refractivity contribution in [3.8, 4) is 0 Å². The second-order valence-electron chi connectivity index (χ2n) is 5.75. The van der Waals surface area contributed by atoms with Crippen molar-refractivity contribution in [2.45, 2.75) is 40.0 Å². The highest BCUT2D eigenvalue weighted by molar-refractivity contribution is 5.91. The molecule has 0 radical (unpaired) electrons. The standard InChI is InChI=1S/C15H20N2O/c1-9(2)13(18)15(4,5)14-16-11-7-6-10(3)8-12(11)17-14/h6-9H,1-5H3,(H,16,17). The summed E-state index contributed by atoms with van der Waals surface area (Å²) in [5.41, 5.74) is 2.53. The number of carbonyl (C=O) groups excluding carboxylic acids is 1. The van der Waals surface area contributed by atoms with Crippen LogP contribution in [0, 0.1) is 12.8 Å². The average Bonchev–Trinajstić information content (AvgIpc) is 2.71. The molecule has 0 aliphatic heterocycles. The van der Waals surface area contributed by atoms with E-state index in [4.69, 9.17) is 0 Å². The summed E-state index contributed by atoms with van der Waals surface area (Å²) < 4.78 is 0. The Bertz CT molecular complexity index is 594. The number of H-pyrrole nitrogens is 1. The number of benzene rings is 1. The zero-order valence-corrected chi connectivity index (χ0v) is 11.7. The molecule has 1 N–H and O–H groups in total. The molecule has 0 saturated heterocycles. The molecule has 0 aliphatic carbocycles. The first-order valence-electron chi connectivity index (χ1n) is 6.33. The third kappa shape index (κ3) is 2.05. The quantitative estimate of drug-likeness (QED) is 0.899. The van der Waals surface area contributed by atoms with Gasteiger partial charge < -0.3 is 4.98 Å². The van der Waals surface area contributed by atoms with E-state index < -0.39 is 5.41 Å². The van der Waals surface area contributed by atoms with Gasteiger partial charge in [0.25, 0.3) is 0 Å². The maximum atomic E-state index is 12.2. The number of nitrogens with one attached hydrogen (secondary N) is 1. The first-order valence-corrected chi connectivity index (χ1v) is 6.33. The highest BCUT2D eigenvalue weighted by atomic mass is 16.1. The lowest BCUT2D eigenvalue weighted by atomic mass is 9.82. The maximum Gasteiger partial charge on any atom is 0.148 e. The van der Waals surface area contributed by atoms with Gasteiger partial charge in [0.05, 0.1) is 16.4 Å². The van der Waals surface area contributed by atoms with Crippen molar-refractivity contribution in [1.82, 2.24) is 9.97 Å². The van der Waals surface area contributed by atoms with E-state index in [1.165, 1.54) is 5.56 Å². The molecule has 0 spiro atoms. The van der Waals surface area contributed by atoms with Crippen LogP contribution in [0.25, 0.3) is 11.0 Å². The lowest BCUT2D eigenvalue weighted by molar-refractivity contribution is -0.126. The molecule has 3 heteroatoms. The Hall–Kier alpha value is -1.64. The summed E-state index contributed by atoms with van der Waals surface area (Å²) in [6.07, 6.45) is 0. The molecule has 2 aromatic rings. The van der Waals surface area contributed by atoms with Gasteiger partial charge in [-0.2, -0.15) is 0 Å². The topological polar surface area (TPSA) is 45.8 Å². The SMILES string of the molecule is Cc1ccc2nc(C(C)(C)C(=O)C(C)C)[nH]c2c1. The zero-order chi connectivity index (χ0) is 13.5. The number of rotatable bonds is 3. The number of hydrogen-bond acceptors (Lipinski definition) is 2. The number of aryl methyl sites for hydroxylation is 1. The Balaban J connectivity index is 2.51. The van der Waals surface area contributed by atoms with E-state index in [1.807, 2.05) is 46.8 Å². The van der Waals surface area contributed by atoms with Crippen LogP contribution in [-0.2, 0) is 10.2 Å². The van der Waals surface area contributed by atoms with E-state index in [9.17, 15) is 4.79 Å². The molecule has 0 aliphatic rings. The van der Waals surface area contributed by atoms with Gasteiger partial charge in [0, 0.05) is 5.92 Å². The number of aromatic amines is 1. The molecular formula is C15H20N2O. The molecule has 0 bridgehead atoms. The number of ketones is 1. The molecule has 1 aromatic heterocycles. The van der Waals surface area contributed by atoms with Gasteiger partial charge in [-0.05, 0) is 38.5 Å². The van der Waals surface area contributed by atoms with Crippen LogP contribution in [0.5, 0.6) is 0 Å². The maximum absolute atomic E-state index is 12.2. The minimum Gasteiger partial charge on any atom is -0.341 e. The number of nitrogens with zero attached hydrogens (tertiary/aromatic N) is 1. The summed E-state index contributed by atoms with van der Waals surface area (Å²) in [7, 11) is 0. The molecule has 0 atom stereocenters. The van der Waals surface area contributed by atoms with E-state index in [0.717, 1.165) is 16.9 Å². The molecule has 1 aromatic carbocycles. The molecule has 1 heterocycles. The van der Waals surface area contributed by atoms with Gasteiger partial charge in [-0.25, -0.2) is 4.98 Å². The van der Waals surface area contributed by atoms with Crippen LogP contribution < -0.4 is 0 Å². The largest absolute Gasteiger partial charge is 0.341 e. The van der Waals surface area contributed by atoms with Gasteiger partial charge in [0.2, 0.25) is 0 Å². The van der Waals surface area contributed by atoms with E-state index >= 15 is 0 Å². The summed E-state index contributed by atoms with van der Waals surface area (Å²) in [4.78, 5) is 20.1. The molecule has 2 rings (SSSR count). The molecule has 0 fully saturated rings. The average molecular weight is 244 g/mol. The van der Waals surface area contributed by atoms with Gasteiger partial charge in [-0.3, -0.25) is 4.79 Å². The van der Waals surface area contributed by atoms with Crippen molar-refractivity contribution in [3.05, 3.63) is 29.6 Å². The zero-order valence-electron chi connectivity index (χ0n) is 11.7. The van der Waals surface area contributed by atoms with Crippen LogP contribution in [0.3, 0.4) is 0 Å². The number of imidazole rings is 1. The number of Topliss-reactive ketones (excluding diaryl/α,β-unsaturated/α-hetero) is 1. The Labute approximate surface area is 108 Å². The fourth-order valence-electron chi connectivity index (χ4n) is 2.26. The van der Waals surface area contributed by atoms with Crippen molar-refractivity contribution >= 4 is 16.8 Å². The van der Waals surface area contributed by atoms with Gasteiger partial charge in [-0.1, -0.05) is 19.9 Å². The van der Waals surface area contributed by atoms with Crippen molar-refractivity contribution in [2.75, 3.05) is 0 Å². The van der Waals surface area contributed by atoms with Crippen LogP contribution in [0.1, 0.15) is 39.1 Å². The summed E-state index contributed by atoms with van der Waals surface area (Å²) in [6.45, 7) is 9.76. The van der Waals surface area contributed by atoms with Gasteiger partial charge in [0.15, 0.2) is 0 Å². The van der Waals surface area contributed by atoms with Crippen LogP contribution in [0.15, 0.2) is 18.2 Å². The molecule has 96 valence electrons. The van der Waals surface area contributed by atoms with Crippen molar-refractivity contribution in [1.29, 1.82) is 0 Å². The van der Waals surface area contributed by atoms with E-state index in [2.05, 4.69) is 16.0 Å². The van der Waals surface area contributed by atoms with Crippen LogP contribution in [0.2, 0.25) is 0 Å².